The largest absolute Gasteiger partial charge is 0.457 e. The van der Waals surface area contributed by atoms with Crippen LogP contribution in [0.4, 0.5) is 5.69 Å². The second-order valence-corrected chi connectivity index (χ2v) is 7.26. The molecule has 0 N–H and O–H groups in total. The van der Waals surface area contributed by atoms with Gasteiger partial charge in [-0.2, -0.15) is 0 Å². The maximum absolute atomic E-state index is 5.54. The predicted molar refractivity (Wildman–Crippen MR) is 113 cm³/mol. The van der Waals surface area contributed by atoms with Gasteiger partial charge in [0.1, 0.15) is 12.5 Å². The van der Waals surface area contributed by atoms with Crippen molar-refractivity contribution in [1.82, 2.24) is 9.55 Å². The van der Waals surface area contributed by atoms with Gasteiger partial charge in [0, 0.05) is 25.0 Å². The van der Waals surface area contributed by atoms with Crippen LogP contribution in [0.3, 0.4) is 0 Å². The van der Waals surface area contributed by atoms with E-state index in [4.69, 9.17) is 14.5 Å². The average molecular weight is 398 g/mol. The Morgan fingerprint density at radius 3 is 2.61 bits per heavy atom. The molecule has 0 bridgehead atoms. The normalized spacial score (nSPS) is 15.9. The van der Waals surface area contributed by atoms with Crippen molar-refractivity contribution >= 4 is 29.1 Å². The number of halogens is 1. The molecular formula is C22H24ClN3O2. The van der Waals surface area contributed by atoms with E-state index in [0.717, 1.165) is 25.0 Å². The van der Waals surface area contributed by atoms with Gasteiger partial charge in [-0.3, -0.25) is 4.98 Å². The number of rotatable bonds is 3. The van der Waals surface area contributed by atoms with E-state index in [2.05, 4.69) is 53.6 Å². The number of aryl methyl sites for hydroxylation is 1. The number of hydrogen-bond acceptors (Lipinski definition) is 4. The molecule has 2 aliphatic rings. The van der Waals surface area contributed by atoms with Gasteiger partial charge in [-0.05, 0) is 43.0 Å². The Morgan fingerprint density at radius 2 is 1.82 bits per heavy atom. The van der Waals surface area contributed by atoms with Crippen LogP contribution in [0.2, 0.25) is 0 Å². The van der Waals surface area contributed by atoms with Gasteiger partial charge in [0.05, 0.1) is 23.3 Å². The van der Waals surface area contributed by atoms with E-state index >= 15 is 0 Å². The minimum atomic E-state index is -0.283. The molecule has 0 radical (unpaired) electrons. The molecule has 2 aromatic heterocycles. The monoisotopic (exact) mass is 397 g/mol. The van der Waals surface area contributed by atoms with Crippen LogP contribution in [0.1, 0.15) is 22.4 Å². The molecule has 6 heteroatoms. The highest BCUT2D eigenvalue weighted by molar-refractivity contribution is 5.92. The third-order valence-corrected chi connectivity index (χ3v) is 5.79. The Kier molecular flexibility index (Phi) is 4.94. The Balaban J connectivity index is 0.00000192. The van der Waals surface area contributed by atoms with Crippen molar-refractivity contribution in [2.75, 3.05) is 11.4 Å². The molecule has 0 saturated carbocycles. The molecule has 0 amide bonds. The molecule has 3 aromatic rings. The summed E-state index contributed by atoms with van der Waals surface area (Å²) in [6.07, 6.45) is 5.93. The molecule has 0 atom stereocenters. The minimum Gasteiger partial charge on any atom is -0.457 e. The van der Waals surface area contributed by atoms with Gasteiger partial charge in [0.2, 0.25) is 0 Å². The van der Waals surface area contributed by atoms with E-state index in [1.54, 1.807) is 12.5 Å². The zero-order valence-electron chi connectivity index (χ0n) is 16.1. The SMILES string of the molecule is Cc1c(C)n(CC2OC=CO2)c2c(N3CCc4ccccc4C3)ccnc12.Cl. The van der Waals surface area contributed by atoms with Crippen LogP contribution in [-0.2, 0) is 29.0 Å². The van der Waals surface area contributed by atoms with Gasteiger partial charge < -0.3 is 18.9 Å². The van der Waals surface area contributed by atoms with Crippen LogP contribution in [0.25, 0.3) is 11.0 Å². The van der Waals surface area contributed by atoms with Crippen molar-refractivity contribution in [3.05, 3.63) is 71.4 Å². The van der Waals surface area contributed by atoms with Crippen LogP contribution < -0.4 is 4.90 Å². The number of hydrogen-bond donors (Lipinski definition) is 0. The van der Waals surface area contributed by atoms with Crippen molar-refractivity contribution in [1.29, 1.82) is 0 Å². The number of benzene rings is 1. The lowest BCUT2D eigenvalue weighted by molar-refractivity contribution is -0.0336. The summed E-state index contributed by atoms with van der Waals surface area (Å²) in [7, 11) is 0. The lowest BCUT2D eigenvalue weighted by atomic mass is 9.99. The molecule has 1 aromatic carbocycles. The lowest BCUT2D eigenvalue weighted by Crippen LogP contribution is -2.31. The molecule has 146 valence electrons. The summed E-state index contributed by atoms with van der Waals surface area (Å²) in [5, 5.41) is 0. The number of pyridine rings is 1. The molecular weight excluding hydrogens is 374 g/mol. The fraction of sp³-hybridized carbons (Fsp3) is 0.318. The number of fused-ring (bicyclic) bond motifs is 2. The first-order valence-electron chi connectivity index (χ1n) is 9.44. The van der Waals surface area contributed by atoms with Crippen LogP contribution in [-0.4, -0.2) is 22.4 Å². The first-order chi connectivity index (χ1) is 13.2. The van der Waals surface area contributed by atoms with Crippen molar-refractivity contribution in [2.45, 2.75) is 39.6 Å². The summed E-state index contributed by atoms with van der Waals surface area (Å²) in [6.45, 7) is 6.87. The Labute approximate surface area is 171 Å². The highest BCUT2D eigenvalue weighted by Crippen LogP contribution is 2.34. The van der Waals surface area contributed by atoms with Gasteiger partial charge in [0.25, 0.3) is 6.29 Å². The molecule has 0 fully saturated rings. The fourth-order valence-electron chi connectivity index (χ4n) is 4.22. The third-order valence-electron chi connectivity index (χ3n) is 5.79. The summed E-state index contributed by atoms with van der Waals surface area (Å²) in [6, 6.07) is 10.9. The first-order valence-corrected chi connectivity index (χ1v) is 9.44. The van der Waals surface area contributed by atoms with E-state index in [-0.39, 0.29) is 18.7 Å². The zero-order valence-corrected chi connectivity index (χ0v) is 16.9. The van der Waals surface area contributed by atoms with Crippen LogP contribution in [0.15, 0.2) is 49.1 Å². The van der Waals surface area contributed by atoms with Crippen LogP contribution in [0.5, 0.6) is 0 Å². The average Bonchev–Trinajstić information content (AvgIpc) is 3.31. The van der Waals surface area contributed by atoms with E-state index in [1.165, 1.54) is 33.6 Å². The van der Waals surface area contributed by atoms with E-state index < -0.39 is 0 Å². The second kappa shape index (κ2) is 7.40. The summed E-state index contributed by atoms with van der Waals surface area (Å²) >= 11 is 0. The molecule has 0 saturated heterocycles. The van der Waals surface area contributed by atoms with E-state index in [0.29, 0.717) is 6.54 Å². The lowest BCUT2D eigenvalue weighted by Gasteiger charge is -2.31. The maximum atomic E-state index is 5.54. The highest BCUT2D eigenvalue weighted by atomic mass is 35.5. The smallest absolute Gasteiger partial charge is 0.257 e. The number of nitrogens with zero attached hydrogens (tertiary/aromatic N) is 3. The summed E-state index contributed by atoms with van der Waals surface area (Å²) in [5.41, 5.74) is 8.77. The molecule has 5 nitrogen and oxygen atoms in total. The van der Waals surface area contributed by atoms with Crippen LogP contribution in [0, 0.1) is 13.8 Å². The standard InChI is InChI=1S/C22H23N3O2.ClH/c1-15-16(2)25(14-20-26-11-12-27-20)22-19(7-9-23-21(15)22)24-10-8-17-5-3-4-6-18(17)13-24;/h3-7,9,11-12,20H,8,10,13-14H2,1-2H3;1H. The molecule has 5 rings (SSSR count). The minimum absolute atomic E-state index is 0. The van der Waals surface area contributed by atoms with Crippen molar-refractivity contribution in [3.8, 4) is 0 Å². The van der Waals surface area contributed by atoms with Gasteiger partial charge in [-0.15, -0.1) is 12.4 Å². The summed E-state index contributed by atoms with van der Waals surface area (Å²) in [5.74, 6) is 0. The Morgan fingerprint density at radius 1 is 1.07 bits per heavy atom. The number of aromatic nitrogens is 2. The van der Waals surface area contributed by atoms with Gasteiger partial charge in [-0.25, -0.2) is 0 Å². The molecule has 0 aliphatic carbocycles. The summed E-state index contributed by atoms with van der Waals surface area (Å²) in [4.78, 5) is 7.16. The predicted octanol–water partition coefficient (Wildman–Crippen LogP) is 4.48. The van der Waals surface area contributed by atoms with Crippen molar-refractivity contribution < 1.29 is 9.47 Å². The summed E-state index contributed by atoms with van der Waals surface area (Å²) < 4.78 is 13.4. The fourth-order valence-corrected chi connectivity index (χ4v) is 4.22. The van der Waals surface area contributed by atoms with Crippen molar-refractivity contribution in [3.63, 3.8) is 0 Å². The van der Waals surface area contributed by atoms with E-state index in [9.17, 15) is 0 Å². The second-order valence-electron chi connectivity index (χ2n) is 7.26. The van der Waals surface area contributed by atoms with E-state index in [1.807, 2.05) is 6.20 Å². The number of ether oxygens (including phenoxy) is 2. The zero-order chi connectivity index (χ0) is 18.4. The van der Waals surface area contributed by atoms with Gasteiger partial charge in [-0.1, -0.05) is 24.3 Å². The van der Waals surface area contributed by atoms with Gasteiger partial charge >= 0.3 is 0 Å². The molecule has 28 heavy (non-hydrogen) atoms. The number of anilines is 1. The molecule has 0 spiro atoms. The molecule has 2 aliphatic heterocycles. The van der Waals surface area contributed by atoms with Crippen molar-refractivity contribution in [2.24, 2.45) is 0 Å². The van der Waals surface area contributed by atoms with Gasteiger partial charge in [0.15, 0.2) is 0 Å². The maximum Gasteiger partial charge on any atom is 0.257 e. The Bertz CT molecular complexity index is 1040. The molecule has 4 heterocycles. The van der Waals surface area contributed by atoms with Crippen LogP contribution >= 0.6 is 12.4 Å². The Hall–Kier alpha value is -2.66. The topological polar surface area (TPSA) is 39.5 Å². The quantitative estimate of drug-likeness (QED) is 0.653. The molecule has 0 unspecified atom stereocenters. The first kappa shape index (κ1) is 18.7. The highest BCUT2D eigenvalue weighted by Gasteiger charge is 2.24. The third kappa shape index (κ3) is 3.00.